The molecule has 2 aromatic carbocycles. The van der Waals surface area contributed by atoms with E-state index in [9.17, 15) is 38.8 Å². The number of ether oxygens (including phenoxy) is 2. The van der Waals surface area contributed by atoms with Gasteiger partial charge in [0.25, 0.3) is 11.8 Å². The van der Waals surface area contributed by atoms with Crippen molar-refractivity contribution in [2.24, 2.45) is 52.1 Å². The number of methoxy groups -OCH3 is 2. The lowest BCUT2D eigenvalue weighted by Gasteiger charge is -2.31. The van der Waals surface area contributed by atoms with Crippen LogP contribution in [0, 0.1) is 57.7 Å². The van der Waals surface area contributed by atoms with Gasteiger partial charge in [0, 0.05) is 59.6 Å². The number of rotatable bonds is 13. The Bertz CT molecular complexity index is 2800. The number of nitrogens with one attached hydrogen (secondary N) is 4. The van der Waals surface area contributed by atoms with E-state index < -0.39 is 30.1 Å². The highest BCUT2D eigenvalue weighted by Crippen LogP contribution is 2.66. The van der Waals surface area contributed by atoms with Gasteiger partial charge in [-0.25, -0.2) is 0 Å². The lowest BCUT2D eigenvalue weighted by molar-refractivity contribution is -0.131. The molecule has 0 spiro atoms. The number of fused-ring (bicyclic) bond motifs is 4. The van der Waals surface area contributed by atoms with Crippen molar-refractivity contribution in [3.8, 4) is 17.6 Å². The zero-order chi connectivity index (χ0) is 49.3. The molecule has 10 rings (SSSR count). The van der Waals surface area contributed by atoms with Gasteiger partial charge >= 0.3 is 0 Å². The van der Waals surface area contributed by atoms with Gasteiger partial charge in [-0.1, -0.05) is 39.8 Å². The quantitative estimate of drug-likeness (QED) is 0.119. The Kier molecular flexibility index (Phi) is 12.4. The lowest BCUT2D eigenvalue weighted by Crippen LogP contribution is -2.55. The number of hydrogen-bond donors (Lipinski definition) is 5. The van der Waals surface area contributed by atoms with Crippen LogP contribution in [0.15, 0.2) is 48.5 Å². The fourth-order valence-electron chi connectivity index (χ4n) is 12.5. The summed E-state index contributed by atoms with van der Waals surface area (Å²) in [6, 6.07) is 13.7. The van der Waals surface area contributed by atoms with Crippen molar-refractivity contribution in [1.29, 1.82) is 5.26 Å². The Hall–Kier alpha value is -6.70. The molecule has 10 atom stereocenters. The summed E-state index contributed by atoms with van der Waals surface area (Å²) >= 11 is 0. The van der Waals surface area contributed by atoms with Gasteiger partial charge in [-0.3, -0.25) is 33.6 Å². The van der Waals surface area contributed by atoms with Crippen LogP contribution >= 0.6 is 0 Å². The van der Waals surface area contributed by atoms with Crippen LogP contribution in [-0.2, 0) is 24.0 Å². The summed E-state index contributed by atoms with van der Waals surface area (Å²) in [6.45, 7) is 9.40. The van der Waals surface area contributed by atoms with Gasteiger partial charge < -0.3 is 45.6 Å². The van der Waals surface area contributed by atoms with E-state index in [2.05, 4.69) is 54.4 Å². The van der Waals surface area contributed by atoms with Crippen LogP contribution < -0.4 is 25.8 Å². The summed E-state index contributed by atoms with van der Waals surface area (Å²) in [6.07, 6.45) is 4.70. The first-order valence-corrected chi connectivity index (χ1v) is 24.2. The van der Waals surface area contributed by atoms with Gasteiger partial charge in [0.2, 0.25) is 17.7 Å². The third-order valence-corrected chi connectivity index (χ3v) is 16.7. The Morgan fingerprint density at radius 2 is 1.19 bits per heavy atom. The molecule has 4 aliphatic carbocycles. The molecule has 4 saturated carbocycles. The van der Waals surface area contributed by atoms with Crippen LogP contribution in [-0.4, -0.2) is 112 Å². The summed E-state index contributed by atoms with van der Waals surface area (Å²) in [5.74, 6) is -0.214. The average Bonchev–Trinajstić information content (AvgIpc) is 4.01. The van der Waals surface area contributed by atoms with E-state index in [-0.39, 0.29) is 88.0 Å². The number of likely N-dealkylation sites (tertiary alicyclic amines) is 2. The number of amides is 5. The monoisotopic (exact) mass is 942 g/mol. The molecule has 0 bridgehead atoms. The molecule has 2 aromatic heterocycles. The van der Waals surface area contributed by atoms with Crippen molar-refractivity contribution in [3.05, 3.63) is 59.9 Å². The second-order valence-electron chi connectivity index (χ2n) is 21.2. The standard InChI is InChI=1S/C26H32N4O5.C26H30N4O4/c1-26(2)15-12-30(25(34)18-11-14-16(28-18)7-5-9-20(14)35-3)22(21(15)26)24(33)29-17(23(27)32)10-13-6-4-8-19(13)31;1-26(2)17-13-30(25(33)19-11-16-18(29-19)7-5-9-21(16)34-3)23(22(17)26)24(32)28-15(12-27)10-14-6-4-8-20(14)31/h5,7,9,11,13,15,17,21-22,28H,4,6,8,10,12H2,1-3H3,(H2,27,32)(H,29,33);5,7,9,11,14-15,17,22-23,29H,4,6,8,10,13H2,1-3H3,(H,28,32)/t13-,15-,17-,21-,22-;14-,15-,17-,22-,23-/m00/s1. The summed E-state index contributed by atoms with van der Waals surface area (Å²) in [5, 5.41) is 16.9. The average molecular weight is 943 g/mol. The van der Waals surface area contributed by atoms with Crippen LogP contribution in [0.1, 0.15) is 100 Å². The first-order valence-electron chi connectivity index (χ1n) is 24.2. The molecule has 6 N–H and O–H groups in total. The zero-order valence-electron chi connectivity index (χ0n) is 40.1. The molecule has 69 heavy (non-hydrogen) atoms. The summed E-state index contributed by atoms with van der Waals surface area (Å²) in [4.78, 5) is 100.0. The highest BCUT2D eigenvalue weighted by Gasteiger charge is 2.70. The number of nitrogens with zero attached hydrogens (tertiary/aromatic N) is 3. The van der Waals surface area contributed by atoms with E-state index in [0.717, 1.165) is 41.1 Å². The molecule has 0 radical (unpaired) electrons. The van der Waals surface area contributed by atoms with Crippen molar-refractivity contribution in [3.63, 3.8) is 0 Å². The number of hydrogen-bond acceptors (Lipinski definition) is 10. The van der Waals surface area contributed by atoms with E-state index in [4.69, 9.17) is 15.2 Å². The Labute approximate surface area is 400 Å². The number of aromatic amines is 2. The molecule has 6 aliphatic rings. The van der Waals surface area contributed by atoms with Crippen molar-refractivity contribution in [1.82, 2.24) is 30.4 Å². The number of nitriles is 1. The first kappa shape index (κ1) is 47.4. The zero-order valence-corrected chi connectivity index (χ0v) is 40.1. The fourth-order valence-corrected chi connectivity index (χ4v) is 12.5. The van der Waals surface area contributed by atoms with Crippen LogP contribution in [0.2, 0.25) is 0 Å². The molecule has 364 valence electrons. The number of aromatic nitrogens is 2. The van der Waals surface area contributed by atoms with Gasteiger partial charge in [0.05, 0.1) is 20.3 Å². The minimum Gasteiger partial charge on any atom is -0.496 e. The van der Waals surface area contributed by atoms with Gasteiger partial charge in [0.15, 0.2) is 0 Å². The van der Waals surface area contributed by atoms with Crippen LogP contribution in [0.5, 0.6) is 11.5 Å². The maximum absolute atomic E-state index is 13.6. The Morgan fingerprint density at radius 3 is 1.59 bits per heavy atom. The minimum atomic E-state index is -0.940. The first-order chi connectivity index (χ1) is 32.9. The predicted molar refractivity (Wildman–Crippen MR) is 253 cm³/mol. The maximum atomic E-state index is 13.6. The highest BCUT2D eigenvalue weighted by atomic mass is 16.5. The molecule has 2 saturated heterocycles. The van der Waals surface area contributed by atoms with Crippen LogP contribution in [0.25, 0.3) is 21.8 Å². The molecule has 4 aromatic rings. The van der Waals surface area contributed by atoms with E-state index in [1.807, 2.05) is 36.4 Å². The second-order valence-corrected chi connectivity index (χ2v) is 21.2. The van der Waals surface area contributed by atoms with E-state index in [1.165, 1.54) is 0 Å². The molecule has 5 amide bonds. The fraction of sp³-hybridized carbons (Fsp3) is 0.538. The van der Waals surface area contributed by atoms with Crippen molar-refractivity contribution in [2.75, 3.05) is 27.3 Å². The number of benzene rings is 2. The molecule has 4 heterocycles. The van der Waals surface area contributed by atoms with E-state index >= 15 is 0 Å². The molecule has 17 nitrogen and oxygen atoms in total. The molecule has 6 fully saturated rings. The third-order valence-electron chi connectivity index (χ3n) is 16.7. The summed E-state index contributed by atoms with van der Waals surface area (Å²) < 4.78 is 10.8. The van der Waals surface area contributed by atoms with E-state index in [0.29, 0.717) is 61.7 Å². The number of primary amides is 1. The number of Topliss-reactive ketones (excluding diaryl/α,β-unsaturated/α-hetero) is 2. The molecule has 2 aliphatic heterocycles. The normalized spacial score (nSPS) is 27.7. The largest absolute Gasteiger partial charge is 0.496 e. The smallest absolute Gasteiger partial charge is 0.271 e. The lowest BCUT2D eigenvalue weighted by atomic mass is 9.96. The predicted octanol–water partition coefficient (Wildman–Crippen LogP) is 5.04. The molecule has 0 unspecified atom stereocenters. The van der Waals surface area contributed by atoms with Gasteiger partial charge in [0.1, 0.15) is 58.6 Å². The number of nitrogens with two attached hydrogens (primary N) is 1. The molecule has 17 heteroatoms. The number of ketones is 2. The van der Waals surface area contributed by atoms with Crippen LogP contribution in [0.4, 0.5) is 0 Å². The Balaban J connectivity index is 0.000000172. The maximum Gasteiger partial charge on any atom is 0.271 e. The van der Waals surface area contributed by atoms with Crippen molar-refractivity contribution >= 4 is 62.9 Å². The summed E-state index contributed by atoms with van der Waals surface area (Å²) in [5.41, 5.74) is 7.84. The topological polar surface area (TPSA) is 250 Å². The number of carbonyl (C=O) groups is 7. The number of carbonyl (C=O) groups excluding carboxylic acids is 7. The van der Waals surface area contributed by atoms with Crippen LogP contribution in [0.3, 0.4) is 0 Å². The van der Waals surface area contributed by atoms with Gasteiger partial charge in [-0.2, -0.15) is 5.26 Å². The van der Waals surface area contributed by atoms with Gasteiger partial charge in [-0.15, -0.1) is 0 Å². The molecular formula is C52H62N8O9. The molecular weight excluding hydrogens is 881 g/mol. The van der Waals surface area contributed by atoms with E-state index in [1.54, 1.807) is 36.2 Å². The highest BCUT2D eigenvalue weighted by molar-refractivity contribution is 6.04. The minimum absolute atomic E-state index is 0.00740. The summed E-state index contributed by atoms with van der Waals surface area (Å²) in [7, 11) is 3.17. The Morgan fingerprint density at radius 1 is 0.739 bits per heavy atom. The number of piperidine rings is 2. The van der Waals surface area contributed by atoms with Gasteiger partial charge in [-0.05, 0) is 109 Å². The second kappa shape index (κ2) is 18.0. The van der Waals surface area contributed by atoms with Crippen molar-refractivity contribution in [2.45, 2.75) is 103 Å². The third kappa shape index (κ3) is 8.49. The number of H-pyrrole nitrogens is 2. The SMILES string of the molecule is COc1cccc2[nH]c(C(=O)N3C[C@H]4[C@@H]([C@H]3C(=O)N[C@@H](C[C@@H]3CCCC3=O)C(N)=O)C4(C)C)cc12.COc1cccc2[nH]c(C(=O)N3C[C@H]4[C@@H]([C@H]3C(=O)N[C@H](C#N)C[C@@H]3CCCC3=O)C4(C)C)cc12. The van der Waals surface area contributed by atoms with Crippen molar-refractivity contribution < 1.29 is 43.0 Å².